The van der Waals surface area contributed by atoms with E-state index in [-0.39, 0.29) is 0 Å². The van der Waals surface area contributed by atoms with Crippen molar-refractivity contribution in [3.63, 3.8) is 0 Å². The number of ether oxygens (including phenoxy) is 1. The first kappa shape index (κ1) is 7.20. The van der Waals surface area contributed by atoms with E-state index in [2.05, 4.69) is 0 Å². The Balaban J connectivity index is 2.01. The first-order valence-corrected chi connectivity index (χ1v) is 4.44. The van der Waals surface area contributed by atoms with Gasteiger partial charge in [-0.3, -0.25) is 0 Å². The van der Waals surface area contributed by atoms with Crippen molar-refractivity contribution in [3.05, 3.63) is 0 Å². The highest BCUT2D eigenvalue weighted by Crippen LogP contribution is 2.62. The monoisotopic (exact) mass is 180 g/mol. The molecule has 0 bridgehead atoms. The lowest BCUT2D eigenvalue weighted by Crippen LogP contribution is -2.01. The van der Waals surface area contributed by atoms with Crippen LogP contribution in [0.3, 0.4) is 0 Å². The minimum absolute atomic E-state index is 0.399. The quantitative estimate of drug-likeness (QED) is 0.520. The Morgan fingerprint density at radius 3 is 2.10 bits per heavy atom. The normalized spacial score (nSPS) is 43.8. The molecular weight excluding hydrogens is 171 g/mol. The van der Waals surface area contributed by atoms with E-state index < -0.39 is 4.33 Å². The van der Waals surface area contributed by atoms with Crippen molar-refractivity contribution in [1.82, 2.24) is 0 Å². The Labute approximate surface area is 70.6 Å². The summed E-state index contributed by atoms with van der Waals surface area (Å²) >= 11 is 12.0. The standard InChI is InChI=1S/C7H10Cl2O/c8-7(9)5-1-3-10-4-2-6(5)7/h5-6H,1-4H2/t5-,6+. The molecule has 1 aliphatic carbocycles. The van der Waals surface area contributed by atoms with Gasteiger partial charge in [-0.1, -0.05) is 0 Å². The van der Waals surface area contributed by atoms with Gasteiger partial charge in [0.25, 0.3) is 0 Å². The van der Waals surface area contributed by atoms with Crippen LogP contribution >= 0.6 is 23.2 Å². The number of hydrogen-bond acceptors (Lipinski definition) is 1. The van der Waals surface area contributed by atoms with Gasteiger partial charge in [-0.15, -0.1) is 23.2 Å². The van der Waals surface area contributed by atoms with Gasteiger partial charge in [0.1, 0.15) is 4.33 Å². The third kappa shape index (κ3) is 0.956. The molecule has 2 fully saturated rings. The summed E-state index contributed by atoms with van der Waals surface area (Å²) in [5.41, 5.74) is 0. The lowest BCUT2D eigenvalue weighted by Gasteiger charge is -2.02. The third-order valence-corrected chi connectivity index (χ3v) is 3.63. The van der Waals surface area contributed by atoms with E-state index in [0.717, 1.165) is 26.1 Å². The van der Waals surface area contributed by atoms with E-state index in [4.69, 9.17) is 27.9 Å². The van der Waals surface area contributed by atoms with Gasteiger partial charge in [0, 0.05) is 25.0 Å². The van der Waals surface area contributed by atoms with Crippen LogP contribution in [-0.4, -0.2) is 17.5 Å². The highest BCUT2D eigenvalue weighted by Gasteiger charge is 2.62. The van der Waals surface area contributed by atoms with E-state index >= 15 is 0 Å². The SMILES string of the molecule is ClC1(Cl)[C@@H]2CCOCC[C@@H]21. The van der Waals surface area contributed by atoms with Gasteiger partial charge in [0.05, 0.1) is 0 Å². The fourth-order valence-electron chi connectivity index (χ4n) is 1.77. The Hall–Kier alpha value is 0.540. The van der Waals surface area contributed by atoms with E-state index in [0.29, 0.717) is 11.8 Å². The van der Waals surface area contributed by atoms with Crippen molar-refractivity contribution in [2.24, 2.45) is 11.8 Å². The first-order chi connectivity index (χ1) is 4.73. The zero-order valence-electron chi connectivity index (χ0n) is 5.65. The Morgan fingerprint density at radius 2 is 1.60 bits per heavy atom. The molecule has 0 aromatic heterocycles. The predicted octanol–water partition coefficient (Wildman–Crippen LogP) is 2.22. The molecule has 0 aromatic rings. The summed E-state index contributed by atoms with van der Waals surface area (Å²) in [7, 11) is 0. The Kier molecular flexibility index (Phi) is 1.63. The summed E-state index contributed by atoms with van der Waals surface area (Å²) < 4.78 is 4.87. The molecule has 0 radical (unpaired) electrons. The molecule has 3 heteroatoms. The number of hydrogen-bond donors (Lipinski definition) is 0. The molecular formula is C7H10Cl2O. The van der Waals surface area contributed by atoms with Gasteiger partial charge >= 0.3 is 0 Å². The van der Waals surface area contributed by atoms with Crippen molar-refractivity contribution in [2.45, 2.75) is 17.2 Å². The van der Waals surface area contributed by atoms with Gasteiger partial charge < -0.3 is 4.74 Å². The Bertz CT molecular complexity index is 133. The van der Waals surface area contributed by atoms with Crippen LogP contribution in [0.1, 0.15) is 12.8 Å². The molecule has 58 valence electrons. The molecule has 10 heavy (non-hydrogen) atoms. The average molecular weight is 181 g/mol. The van der Waals surface area contributed by atoms with Gasteiger partial charge in [-0.2, -0.15) is 0 Å². The maximum Gasteiger partial charge on any atom is 0.124 e. The van der Waals surface area contributed by atoms with Crippen molar-refractivity contribution in [1.29, 1.82) is 0 Å². The molecule has 1 saturated heterocycles. The van der Waals surface area contributed by atoms with E-state index in [1.165, 1.54) is 0 Å². The molecule has 2 atom stereocenters. The van der Waals surface area contributed by atoms with Crippen LogP contribution < -0.4 is 0 Å². The Morgan fingerprint density at radius 1 is 1.10 bits per heavy atom. The fourth-order valence-corrected chi connectivity index (χ4v) is 2.69. The second kappa shape index (κ2) is 2.26. The second-order valence-electron chi connectivity index (χ2n) is 3.08. The molecule has 1 saturated carbocycles. The minimum Gasteiger partial charge on any atom is -0.381 e. The van der Waals surface area contributed by atoms with E-state index in [1.54, 1.807) is 0 Å². The smallest absolute Gasteiger partial charge is 0.124 e. The third-order valence-electron chi connectivity index (χ3n) is 2.51. The molecule has 0 amide bonds. The van der Waals surface area contributed by atoms with Gasteiger partial charge in [0.2, 0.25) is 0 Å². The summed E-state index contributed by atoms with van der Waals surface area (Å²) in [6, 6.07) is 0. The lowest BCUT2D eigenvalue weighted by molar-refractivity contribution is 0.136. The molecule has 2 rings (SSSR count). The van der Waals surface area contributed by atoms with Crippen LogP contribution in [0, 0.1) is 11.8 Å². The lowest BCUT2D eigenvalue weighted by atomic mass is 10.2. The fraction of sp³-hybridized carbons (Fsp3) is 1.00. The highest BCUT2D eigenvalue weighted by molar-refractivity contribution is 6.51. The number of alkyl halides is 2. The van der Waals surface area contributed by atoms with Crippen LogP contribution in [0.25, 0.3) is 0 Å². The molecule has 0 N–H and O–H groups in total. The van der Waals surface area contributed by atoms with Crippen molar-refractivity contribution < 1.29 is 4.74 Å². The zero-order chi connectivity index (χ0) is 7.19. The molecule has 1 nitrogen and oxygen atoms in total. The largest absolute Gasteiger partial charge is 0.381 e. The molecule has 0 aromatic carbocycles. The minimum atomic E-state index is -0.399. The molecule has 1 aliphatic heterocycles. The topological polar surface area (TPSA) is 9.23 Å². The van der Waals surface area contributed by atoms with Crippen molar-refractivity contribution >= 4 is 23.2 Å². The van der Waals surface area contributed by atoms with Gasteiger partial charge in [-0.05, 0) is 12.8 Å². The highest BCUT2D eigenvalue weighted by atomic mass is 35.5. The number of rotatable bonds is 0. The molecule has 0 unspecified atom stereocenters. The van der Waals surface area contributed by atoms with Crippen LogP contribution in [0.2, 0.25) is 0 Å². The summed E-state index contributed by atoms with van der Waals surface area (Å²) in [4.78, 5) is 0. The van der Waals surface area contributed by atoms with Crippen molar-refractivity contribution in [3.8, 4) is 0 Å². The predicted molar refractivity (Wildman–Crippen MR) is 41.5 cm³/mol. The summed E-state index contributed by atoms with van der Waals surface area (Å²) in [6.45, 7) is 1.67. The summed E-state index contributed by atoms with van der Waals surface area (Å²) in [5.74, 6) is 1.02. The van der Waals surface area contributed by atoms with Crippen LogP contribution in [0.5, 0.6) is 0 Å². The molecule has 1 heterocycles. The van der Waals surface area contributed by atoms with Crippen LogP contribution in [0.4, 0.5) is 0 Å². The number of halogens is 2. The maximum atomic E-state index is 6.00. The van der Waals surface area contributed by atoms with Gasteiger partial charge in [-0.25, -0.2) is 0 Å². The van der Waals surface area contributed by atoms with Gasteiger partial charge in [0.15, 0.2) is 0 Å². The first-order valence-electron chi connectivity index (χ1n) is 3.68. The molecule has 0 spiro atoms. The van der Waals surface area contributed by atoms with Crippen molar-refractivity contribution in [2.75, 3.05) is 13.2 Å². The second-order valence-corrected chi connectivity index (χ2v) is 4.52. The zero-order valence-corrected chi connectivity index (χ0v) is 7.16. The molecule has 2 aliphatic rings. The summed E-state index contributed by atoms with van der Waals surface area (Å²) in [6.07, 6.45) is 2.08. The van der Waals surface area contributed by atoms with E-state index in [1.807, 2.05) is 0 Å². The maximum absolute atomic E-state index is 6.00. The average Bonchev–Trinajstić information content (AvgIpc) is 2.47. The van der Waals surface area contributed by atoms with Crippen LogP contribution in [-0.2, 0) is 4.74 Å². The summed E-state index contributed by atoms with van der Waals surface area (Å²) in [5, 5.41) is 0. The number of fused-ring (bicyclic) bond motifs is 1. The van der Waals surface area contributed by atoms with E-state index in [9.17, 15) is 0 Å². The van der Waals surface area contributed by atoms with Crippen LogP contribution in [0.15, 0.2) is 0 Å².